The Bertz CT molecular complexity index is 876. The molecule has 0 aliphatic rings. The molecule has 0 fully saturated rings. The van der Waals surface area contributed by atoms with E-state index < -0.39 is 10.8 Å². The van der Waals surface area contributed by atoms with Crippen molar-refractivity contribution in [3.8, 4) is 11.5 Å². The van der Waals surface area contributed by atoms with Crippen LogP contribution in [0.5, 0.6) is 0 Å². The number of benzene rings is 2. The standard InChI is InChI=1S/C19H18N2O3S/c1-14-17(21-19(24-14)15-8-4-2-5-9-15)12-25(23)13-18(22)20-16-10-6-3-7-11-16/h2-11H,12-13H2,1H3,(H,20,22). The number of para-hydroxylation sites is 1. The summed E-state index contributed by atoms with van der Waals surface area (Å²) in [6.45, 7) is 1.79. The molecule has 1 atom stereocenters. The average molecular weight is 354 g/mol. The van der Waals surface area contributed by atoms with Crippen molar-refractivity contribution in [1.82, 2.24) is 4.98 Å². The average Bonchev–Trinajstić information content (AvgIpc) is 2.97. The molecule has 1 heterocycles. The molecule has 1 N–H and O–H groups in total. The fraction of sp³-hybridized carbons (Fsp3) is 0.158. The molecule has 25 heavy (non-hydrogen) atoms. The van der Waals surface area contributed by atoms with Crippen molar-refractivity contribution in [1.29, 1.82) is 0 Å². The number of anilines is 1. The number of rotatable bonds is 6. The molecule has 0 radical (unpaired) electrons. The lowest BCUT2D eigenvalue weighted by molar-refractivity contribution is -0.113. The van der Waals surface area contributed by atoms with Gasteiger partial charge < -0.3 is 9.73 Å². The van der Waals surface area contributed by atoms with Crippen LogP contribution in [0.25, 0.3) is 11.5 Å². The second kappa shape index (κ2) is 7.90. The number of nitrogens with zero attached hydrogens (tertiary/aromatic N) is 1. The Hall–Kier alpha value is -2.73. The number of nitrogens with one attached hydrogen (secondary N) is 1. The fourth-order valence-corrected chi connectivity index (χ4v) is 3.37. The fourth-order valence-electron chi connectivity index (χ4n) is 2.33. The molecule has 6 heteroatoms. The largest absolute Gasteiger partial charge is 0.441 e. The number of hydrogen-bond acceptors (Lipinski definition) is 4. The number of aromatic nitrogens is 1. The van der Waals surface area contributed by atoms with E-state index in [2.05, 4.69) is 10.3 Å². The zero-order valence-electron chi connectivity index (χ0n) is 13.8. The first-order valence-electron chi connectivity index (χ1n) is 7.83. The Morgan fingerprint density at radius 3 is 2.40 bits per heavy atom. The van der Waals surface area contributed by atoms with E-state index in [0.29, 0.717) is 23.0 Å². The highest BCUT2D eigenvalue weighted by Crippen LogP contribution is 2.22. The van der Waals surface area contributed by atoms with Crippen LogP contribution in [0.2, 0.25) is 0 Å². The van der Waals surface area contributed by atoms with Gasteiger partial charge in [0.25, 0.3) is 0 Å². The number of hydrogen-bond donors (Lipinski definition) is 1. The lowest BCUT2D eigenvalue weighted by Gasteiger charge is -2.04. The quantitative estimate of drug-likeness (QED) is 0.735. The number of oxazole rings is 1. The van der Waals surface area contributed by atoms with E-state index >= 15 is 0 Å². The van der Waals surface area contributed by atoms with Crippen LogP contribution < -0.4 is 5.32 Å². The van der Waals surface area contributed by atoms with E-state index in [4.69, 9.17) is 4.42 Å². The summed E-state index contributed by atoms with van der Waals surface area (Å²) in [4.78, 5) is 16.4. The Balaban J connectivity index is 1.61. The molecule has 0 saturated carbocycles. The van der Waals surface area contributed by atoms with E-state index in [1.54, 1.807) is 19.1 Å². The maximum Gasteiger partial charge on any atom is 0.237 e. The molecule has 0 aliphatic carbocycles. The summed E-state index contributed by atoms with van der Waals surface area (Å²) in [6.07, 6.45) is 0. The van der Waals surface area contributed by atoms with Crippen molar-refractivity contribution < 1.29 is 13.4 Å². The Morgan fingerprint density at radius 1 is 1.08 bits per heavy atom. The molecular formula is C19H18N2O3S. The summed E-state index contributed by atoms with van der Waals surface area (Å²) < 4.78 is 17.9. The summed E-state index contributed by atoms with van der Waals surface area (Å²) >= 11 is 0. The third-order valence-electron chi connectivity index (χ3n) is 3.56. The van der Waals surface area contributed by atoms with Crippen LogP contribution in [0.4, 0.5) is 5.69 Å². The van der Waals surface area contributed by atoms with Crippen LogP contribution in [0.3, 0.4) is 0 Å². The number of carbonyl (C=O) groups excluding carboxylic acids is 1. The third-order valence-corrected chi connectivity index (χ3v) is 4.74. The predicted octanol–water partition coefficient (Wildman–Crippen LogP) is 3.54. The van der Waals surface area contributed by atoms with E-state index in [9.17, 15) is 9.00 Å². The van der Waals surface area contributed by atoms with Gasteiger partial charge in [0.1, 0.15) is 11.5 Å². The van der Waals surface area contributed by atoms with Gasteiger partial charge in [-0.05, 0) is 31.2 Å². The normalized spacial score (nSPS) is 11.9. The van der Waals surface area contributed by atoms with Crippen LogP contribution in [0.1, 0.15) is 11.5 Å². The molecule has 0 spiro atoms. The van der Waals surface area contributed by atoms with Gasteiger partial charge in [0.15, 0.2) is 0 Å². The van der Waals surface area contributed by atoms with Gasteiger partial charge in [-0.3, -0.25) is 9.00 Å². The smallest absolute Gasteiger partial charge is 0.237 e. The van der Waals surface area contributed by atoms with Crippen molar-refractivity contribution in [2.24, 2.45) is 0 Å². The first kappa shape index (κ1) is 17.1. The minimum absolute atomic E-state index is 0.0815. The van der Waals surface area contributed by atoms with Crippen LogP contribution in [-0.4, -0.2) is 20.9 Å². The van der Waals surface area contributed by atoms with Gasteiger partial charge >= 0.3 is 0 Å². The molecular weight excluding hydrogens is 336 g/mol. The summed E-state index contributed by atoms with van der Waals surface area (Å²) in [5.74, 6) is 0.940. The van der Waals surface area contributed by atoms with Gasteiger partial charge in [0.2, 0.25) is 11.8 Å². The van der Waals surface area contributed by atoms with E-state index in [0.717, 1.165) is 5.56 Å². The molecule has 0 saturated heterocycles. The molecule has 1 unspecified atom stereocenters. The molecule has 0 bridgehead atoms. The number of aryl methyl sites for hydroxylation is 1. The first-order valence-corrected chi connectivity index (χ1v) is 9.32. The van der Waals surface area contributed by atoms with Crippen molar-refractivity contribution in [3.63, 3.8) is 0 Å². The molecule has 3 rings (SSSR count). The van der Waals surface area contributed by atoms with Crippen molar-refractivity contribution in [2.45, 2.75) is 12.7 Å². The van der Waals surface area contributed by atoms with Crippen LogP contribution >= 0.6 is 0 Å². The van der Waals surface area contributed by atoms with Crippen molar-refractivity contribution >= 4 is 22.4 Å². The van der Waals surface area contributed by atoms with Crippen LogP contribution in [-0.2, 0) is 21.3 Å². The maximum absolute atomic E-state index is 12.3. The molecule has 1 amide bonds. The molecule has 1 aromatic heterocycles. The SMILES string of the molecule is Cc1oc(-c2ccccc2)nc1CS(=O)CC(=O)Nc1ccccc1. The lowest BCUT2D eigenvalue weighted by atomic mass is 10.2. The van der Waals surface area contributed by atoms with Crippen molar-refractivity contribution in [2.75, 3.05) is 11.1 Å². The molecule has 3 aromatic rings. The van der Waals surface area contributed by atoms with Gasteiger partial charge in [0, 0.05) is 22.1 Å². The summed E-state index contributed by atoms with van der Waals surface area (Å²) in [6, 6.07) is 18.6. The summed E-state index contributed by atoms with van der Waals surface area (Å²) in [7, 11) is -1.36. The highest BCUT2D eigenvalue weighted by molar-refractivity contribution is 7.84. The first-order chi connectivity index (χ1) is 12.1. The molecule has 2 aromatic carbocycles. The van der Waals surface area contributed by atoms with Crippen LogP contribution in [0, 0.1) is 6.92 Å². The minimum Gasteiger partial charge on any atom is -0.441 e. The lowest BCUT2D eigenvalue weighted by Crippen LogP contribution is -2.20. The van der Waals surface area contributed by atoms with Gasteiger partial charge in [-0.25, -0.2) is 4.98 Å². The van der Waals surface area contributed by atoms with Crippen LogP contribution in [0.15, 0.2) is 65.1 Å². The molecule has 128 valence electrons. The Kier molecular flexibility index (Phi) is 5.40. The predicted molar refractivity (Wildman–Crippen MR) is 98.5 cm³/mol. The maximum atomic E-state index is 12.3. The zero-order chi connectivity index (χ0) is 17.6. The van der Waals surface area contributed by atoms with E-state index in [1.807, 2.05) is 48.5 Å². The zero-order valence-corrected chi connectivity index (χ0v) is 14.6. The Morgan fingerprint density at radius 2 is 1.72 bits per heavy atom. The van der Waals surface area contributed by atoms with Crippen molar-refractivity contribution in [3.05, 3.63) is 72.1 Å². The summed E-state index contributed by atoms with van der Waals surface area (Å²) in [5.41, 5.74) is 2.17. The Labute approximate surface area is 148 Å². The summed E-state index contributed by atoms with van der Waals surface area (Å²) in [5, 5.41) is 2.73. The number of carbonyl (C=O) groups is 1. The van der Waals surface area contributed by atoms with E-state index in [1.165, 1.54) is 0 Å². The molecule has 0 aliphatic heterocycles. The van der Waals surface area contributed by atoms with E-state index in [-0.39, 0.29) is 17.4 Å². The van der Waals surface area contributed by atoms with Gasteiger partial charge in [-0.15, -0.1) is 0 Å². The van der Waals surface area contributed by atoms with Gasteiger partial charge in [0.05, 0.1) is 11.4 Å². The minimum atomic E-state index is -1.36. The third kappa shape index (κ3) is 4.64. The molecule has 5 nitrogen and oxygen atoms in total. The highest BCUT2D eigenvalue weighted by Gasteiger charge is 2.16. The van der Waals surface area contributed by atoms with Gasteiger partial charge in [-0.1, -0.05) is 36.4 Å². The topological polar surface area (TPSA) is 72.2 Å². The number of amides is 1. The van der Waals surface area contributed by atoms with Gasteiger partial charge in [-0.2, -0.15) is 0 Å². The second-order valence-corrected chi connectivity index (χ2v) is 6.99. The highest BCUT2D eigenvalue weighted by atomic mass is 32.2. The second-order valence-electron chi connectivity index (χ2n) is 5.53. The monoisotopic (exact) mass is 354 g/mol.